The van der Waals surface area contributed by atoms with Crippen molar-refractivity contribution in [2.75, 3.05) is 21.3 Å². The minimum Gasteiger partial charge on any atom is -0.493 e. The molecule has 2 aromatic rings. The number of benzene rings is 2. The van der Waals surface area contributed by atoms with Gasteiger partial charge in [0.15, 0.2) is 11.5 Å². The van der Waals surface area contributed by atoms with Gasteiger partial charge in [-0.05, 0) is 54.2 Å². The predicted octanol–water partition coefficient (Wildman–Crippen LogP) is 2.83. The van der Waals surface area contributed by atoms with Crippen LogP contribution in [0.2, 0.25) is 0 Å². The lowest BCUT2D eigenvalue weighted by molar-refractivity contribution is -0.115. The Labute approximate surface area is 175 Å². The van der Waals surface area contributed by atoms with Gasteiger partial charge in [0.1, 0.15) is 5.75 Å². The number of carbonyl (C=O) groups is 1. The smallest absolute Gasteiger partial charge is 0.493 e. The molecule has 2 aromatic carbocycles. The van der Waals surface area contributed by atoms with Gasteiger partial charge in [0.25, 0.3) is 0 Å². The number of aryl methyl sites for hydroxylation is 2. The highest BCUT2D eigenvalue weighted by atomic mass is 31.2. The van der Waals surface area contributed by atoms with Gasteiger partial charge in [-0.25, -0.2) is 4.57 Å². The number of primary amides is 1. The topological polar surface area (TPSA) is 138 Å². The van der Waals surface area contributed by atoms with E-state index >= 15 is 0 Å². The summed E-state index contributed by atoms with van der Waals surface area (Å²) in [6.07, 6.45) is 2.43. The summed E-state index contributed by atoms with van der Waals surface area (Å²) in [5.74, 6) is 1.50. The van der Waals surface area contributed by atoms with Crippen molar-refractivity contribution in [2.45, 2.75) is 26.2 Å². The van der Waals surface area contributed by atoms with Gasteiger partial charge in [-0.1, -0.05) is 6.07 Å². The molecule has 30 heavy (non-hydrogen) atoms. The molecule has 0 saturated carbocycles. The summed E-state index contributed by atoms with van der Waals surface area (Å²) < 4.78 is 32.4. The number of carbonyl (C=O) groups excluding carboxylic acids is 1. The zero-order valence-electron chi connectivity index (χ0n) is 17.3. The normalized spacial score (nSPS) is 12.3. The van der Waals surface area contributed by atoms with Crippen LogP contribution >= 0.6 is 7.82 Å². The van der Waals surface area contributed by atoms with Gasteiger partial charge in [0.2, 0.25) is 11.7 Å². The molecule has 0 fully saturated rings. The minimum absolute atomic E-state index is 0.139. The van der Waals surface area contributed by atoms with Gasteiger partial charge in [0, 0.05) is 12.5 Å². The summed E-state index contributed by atoms with van der Waals surface area (Å²) in [6.45, 7) is 1.31. The monoisotopic (exact) mass is 439 g/mol. The Morgan fingerprint density at radius 2 is 1.60 bits per heavy atom. The van der Waals surface area contributed by atoms with E-state index in [4.69, 9.17) is 28.5 Å². The molecule has 1 aliphatic rings. The minimum atomic E-state index is -4.60. The number of nitrogens with two attached hydrogens (primary N) is 1. The molecule has 0 spiro atoms. The lowest BCUT2D eigenvalue weighted by Gasteiger charge is -2.20. The first-order chi connectivity index (χ1) is 14.1. The Hall–Kier alpha value is -2.74. The molecule has 0 aromatic heterocycles. The molecule has 3 rings (SSSR count). The number of hydrogen-bond donors (Lipinski definition) is 3. The lowest BCUT2D eigenvalue weighted by atomic mass is 9.94. The van der Waals surface area contributed by atoms with Crippen LogP contribution in [-0.2, 0) is 22.2 Å². The van der Waals surface area contributed by atoms with Gasteiger partial charge in [-0.15, -0.1) is 0 Å². The van der Waals surface area contributed by atoms with Crippen molar-refractivity contribution in [2.24, 2.45) is 5.73 Å². The zero-order chi connectivity index (χ0) is 22.5. The molecule has 0 aliphatic heterocycles. The number of phosphoric acid groups is 1. The van der Waals surface area contributed by atoms with Crippen molar-refractivity contribution < 1.29 is 37.9 Å². The van der Waals surface area contributed by atoms with Crippen LogP contribution < -0.4 is 24.5 Å². The number of fused-ring (bicyclic) bond motifs is 3. The van der Waals surface area contributed by atoms with Crippen LogP contribution in [0.5, 0.6) is 23.0 Å². The molecular weight excluding hydrogens is 413 g/mol. The summed E-state index contributed by atoms with van der Waals surface area (Å²) in [7, 11) is 0.117. The summed E-state index contributed by atoms with van der Waals surface area (Å²) in [5.41, 5.74) is 8.30. The van der Waals surface area contributed by atoms with Crippen LogP contribution in [0.1, 0.15) is 24.5 Å². The lowest BCUT2D eigenvalue weighted by Crippen LogP contribution is -2.01. The first-order valence-corrected chi connectivity index (χ1v) is 10.6. The molecular formula is C20H26NO8P. The molecule has 1 aliphatic carbocycles. The third kappa shape index (κ3) is 5.66. The number of ether oxygens (including phenoxy) is 3. The summed E-state index contributed by atoms with van der Waals surface area (Å²) >= 11 is 0. The van der Waals surface area contributed by atoms with Crippen LogP contribution in [0.3, 0.4) is 0 Å². The van der Waals surface area contributed by atoms with Crippen LogP contribution in [0, 0.1) is 0 Å². The second-order valence-corrected chi connectivity index (χ2v) is 7.71. The number of hydrogen-bond acceptors (Lipinski definition) is 6. The number of rotatable bonds is 5. The Morgan fingerprint density at radius 3 is 2.13 bits per heavy atom. The fourth-order valence-corrected chi connectivity index (χ4v) is 3.77. The molecule has 9 nitrogen and oxygen atoms in total. The van der Waals surface area contributed by atoms with Crippen molar-refractivity contribution in [3.63, 3.8) is 0 Å². The maximum atomic E-state index is 11.1. The quantitative estimate of drug-likeness (QED) is 0.605. The van der Waals surface area contributed by atoms with Crippen molar-refractivity contribution in [1.29, 1.82) is 0 Å². The van der Waals surface area contributed by atoms with Crippen molar-refractivity contribution in [3.05, 3.63) is 35.4 Å². The average molecular weight is 439 g/mol. The summed E-state index contributed by atoms with van der Waals surface area (Å²) in [5, 5.41) is 0. The number of amides is 1. The Bertz CT molecular complexity index is 966. The van der Waals surface area contributed by atoms with Crippen LogP contribution in [0.15, 0.2) is 24.3 Å². The maximum absolute atomic E-state index is 11.1. The molecule has 10 heteroatoms. The van der Waals surface area contributed by atoms with E-state index < -0.39 is 7.82 Å². The average Bonchev–Trinajstić information content (AvgIpc) is 2.83. The van der Waals surface area contributed by atoms with Gasteiger partial charge in [-0.3, -0.25) is 14.6 Å². The molecule has 0 bridgehead atoms. The summed E-state index contributed by atoms with van der Waals surface area (Å²) in [6, 6.07) is 6.95. The fraction of sp³-hybridized carbons (Fsp3) is 0.350. The van der Waals surface area contributed by atoms with E-state index in [-0.39, 0.29) is 11.7 Å². The van der Waals surface area contributed by atoms with Crippen LogP contribution in [-0.4, -0.2) is 37.0 Å². The zero-order valence-corrected chi connectivity index (χ0v) is 18.2. The van der Waals surface area contributed by atoms with E-state index in [2.05, 4.69) is 5.73 Å². The molecule has 164 valence electrons. The fourth-order valence-electron chi connectivity index (χ4n) is 3.38. The molecule has 4 N–H and O–H groups in total. The van der Waals surface area contributed by atoms with E-state index in [1.807, 2.05) is 6.07 Å². The molecule has 0 saturated heterocycles. The Kier molecular flexibility index (Phi) is 7.72. The molecule has 0 atom stereocenters. The van der Waals surface area contributed by atoms with Gasteiger partial charge in [0.05, 0.1) is 21.3 Å². The van der Waals surface area contributed by atoms with Crippen molar-refractivity contribution >= 4 is 13.7 Å². The van der Waals surface area contributed by atoms with E-state index in [1.54, 1.807) is 39.5 Å². The number of phosphoric ester groups is 1. The predicted molar refractivity (Wildman–Crippen MR) is 111 cm³/mol. The van der Waals surface area contributed by atoms with Gasteiger partial charge < -0.3 is 24.5 Å². The van der Waals surface area contributed by atoms with E-state index in [0.29, 0.717) is 17.2 Å². The highest BCUT2D eigenvalue weighted by molar-refractivity contribution is 7.46. The number of methoxy groups -OCH3 is 3. The maximum Gasteiger partial charge on any atom is 0.524 e. The van der Waals surface area contributed by atoms with Crippen molar-refractivity contribution in [1.82, 2.24) is 0 Å². The van der Waals surface area contributed by atoms with Crippen LogP contribution in [0.4, 0.5) is 0 Å². The largest absolute Gasteiger partial charge is 0.524 e. The van der Waals surface area contributed by atoms with Crippen molar-refractivity contribution in [3.8, 4) is 34.1 Å². The van der Waals surface area contributed by atoms with E-state index in [1.165, 1.54) is 6.92 Å². The first kappa shape index (κ1) is 23.5. The van der Waals surface area contributed by atoms with Gasteiger partial charge >= 0.3 is 7.82 Å². The standard InChI is InChI=1S/C18H21O7P.C2H5NO/c1-22-15-10-12-6-4-5-11-9-13(25-26(19,20)21)7-8-14(11)16(12)18(24-3)17(15)23-2;1-2(3)4/h7-10H,4-6H2,1-3H3,(H2,19,20,21);1H3,(H2,3,4). The molecule has 1 amide bonds. The second kappa shape index (κ2) is 9.84. The van der Waals surface area contributed by atoms with E-state index in [9.17, 15) is 9.36 Å². The molecule has 0 radical (unpaired) electrons. The van der Waals surface area contributed by atoms with E-state index in [0.717, 1.165) is 41.5 Å². The highest BCUT2D eigenvalue weighted by Gasteiger charge is 2.26. The third-order valence-corrected chi connectivity index (χ3v) is 4.82. The highest BCUT2D eigenvalue weighted by Crippen LogP contribution is 2.50. The second-order valence-electron chi connectivity index (χ2n) is 6.54. The van der Waals surface area contributed by atoms with Crippen LogP contribution in [0.25, 0.3) is 11.1 Å². The third-order valence-electron chi connectivity index (χ3n) is 4.37. The summed E-state index contributed by atoms with van der Waals surface area (Å²) in [4.78, 5) is 27.3. The molecule has 0 unspecified atom stereocenters. The Morgan fingerprint density at radius 1 is 1.00 bits per heavy atom. The first-order valence-electron chi connectivity index (χ1n) is 9.07. The van der Waals surface area contributed by atoms with Gasteiger partial charge in [-0.2, -0.15) is 0 Å². The Balaban J connectivity index is 0.000000735. The molecule has 0 heterocycles. The SMILES string of the molecule is CC(N)=O.COc1cc2c(c(OC)c1OC)-c1ccc(OP(=O)(O)O)cc1CCC2.